The first-order valence-electron chi connectivity index (χ1n) is 11.7. The van der Waals surface area contributed by atoms with Gasteiger partial charge in [-0.3, -0.25) is 9.59 Å². The summed E-state index contributed by atoms with van der Waals surface area (Å²) in [7, 11) is 1.91. The Morgan fingerprint density at radius 1 is 1.22 bits per heavy atom. The van der Waals surface area contributed by atoms with Gasteiger partial charge in [0.05, 0.1) is 22.8 Å². The molecule has 1 heterocycles. The number of imidazole rings is 1. The predicted molar refractivity (Wildman–Crippen MR) is 142 cm³/mol. The van der Waals surface area contributed by atoms with Crippen LogP contribution in [0.2, 0.25) is 0 Å². The summed E-state index contributed by atoms with van der Waals surface area (Å²) < 4.78 is 21.2. The second kappa shape index (κ2) is 12.9. The molecule has 0 aliphatic rings. The second-order valence-electron chi connectivity index (χ2n) is 8.20. The summed E-state index contributed by atoms with van der Waals surface area (Å²) in [5.41, 5.74) is 8.92. The number of amides is 1. The number of rotatable bonds is 12. The minimum Gasteiger partial charge on any atom is -0.421 e. The minimum absolute atomic E-state index is 0.0472. The maximum atomic E-state index is 14.2. The van der Waals surface area contributed by atoms with Crippen LogP contribution in [-0.2, 0) is 23.1 Å². The van der Waals surface area contributed by atoms with E-state index in [1.54, 1.807) is 6.92 Å². The molecule has 0 bridgehead atoms. The van der Waals surface area contributed by atoms with Gasteiger partial charge in [-0.2, -0.15) is 0 Å². The van der Waals surface area contributed by atoms with E-state index in [0.29, 0.717) is 37.7 Å². The van der Waals surface area contributed by atoms with Crippen molar-refractivity contribution in [3.63, 3.8) is 0 Å². The first kappa shape index (κ1) is 27.7. The zero-order chi connectivity index (χ0) is 26.2. The number of para-hydroxylation sites is 1. The summed E-state index contributed by atoms with van der Waals surface area (Å²) in [5, 5.41) is 2.57. The molecule has 0 fully saturated rings. The number of anilines is 2. The van der Waals surface area contributed by atoms with Gasteiger partial charge in [-0.15, -0.1) is 23.2 Å². The highest BCUT2D eigenvalue weighted by atomic mass is 35.5. The Morgan fingerprint density at radius 2 is 1.94 bits per heavy atom. The largest absolute Gasteiger partial charge is 0.421 e. The lowest BCUT2D eigenvalue weighted by atomic mass is 10.1. The van der Waals surface area contributed by atoms with Crippen molar-refractivity contribution in [2.75, 3.05) is 35.1 Å². The van der Waals surface area contributed by atoms with E-state index in [1.807, 2.05) is 29.8 Å². The maximum Gasteiger partial charge on any atom is 0.311 e. The second-order valence-corrected chi connectivity index (χ2v) is 8.96. The van der Waals surface area contributed by atoms with Crippen LogP contribution in [0.15, 0.2) is 36.4 Å². The van der Waals surface area contributed by atoms with Gasteiger partial charge in [-0.25, -0.2) is 9.37 Å². The van der Waals surface area contributed by atoms with E-state index in [-0.39, 0.29) is 17.9 Å². The van der Waals surface area contributed by atoms with Crippen LogP contribution >= 0.6 is 23.2 Å². The van der Waals surface area contributed by atoms with Crippen molar-refractivity contribution in [1.82, 2.24) is 9.55 Å². The Morgan fingerprint density at radius 3 is 2.61 bits per heavy atom. The number of halogens is 3. The van der Waals surface area contributed by atoms with Crippen molar-refractivity contribution in [2.24, 2.45) is 12.8 Å². The fourth-order valence-electron chi connectivity index (χ4n) is 3.77. The van der Waals surface area contributed by atoms with E-state index in [4.69, 9.17) is 38.7 Å². The zero-order valence-corrected chi connectivity index (χ0v) is 21.8. The van der Waals surface area contributed by atoms with Crippen LogP contribution in [0.5, 0.6) is 5.75 Å². The molecule has 0 unspecified atom stereocenters. The van der Waals surface area contributed by atoms with Crippen molar-refractivity contribution in [3.8, 4) is 5.75 Å². The molecule has 1 amide bonds. The number of aromatic nitrogens is 2. The van der Waals surface area contributed by atoms with Crippen molar-refractivity contribution in [3.05, 3.63) is 48.0 Å². The number of hydrogen-bond donors (Lipinski definition) is 2. The van der Waals surface area contributed by atoms with E-state index < -0.39 is 23.7 Å². The lowest BCUT2D eigenvalue weighted by molar-refractivity contribution is -0.134. The molecule has 1 atom stereocenters. The summed E-state index contributed by atoms with van der Waals surface area (Å²) in [6.07, 6.45) is 0.821. The summed E-state index contributed by atoms with van der Waals surface area (Å²) in [5.74, 6) is -0.464. The number of fused-ring (bicyclic) bond motifs is 1. The number of hydrogen-bond acceptors (Lipinski definition) is 6. The minimum atomic E-state index is -0.888. The van der Waals surface area contributed by atoms with Crippen LogP contribution in [0.1, 0.15) is 25.6 Å². The Bertz CT molecular complexity index is 1210. The number of nitrogens with two attached hydrogens (primary N) is 1. The molecule has 3 N–H and O–H groups in total. The fraction of sp³-hybridized carbons (Fsp3) is 0.400. The molecule has 0 aliphatic heterocycles. The number of nitrogens with zero attached hydrogens (tertiary/aromatic N) is 3. The number of carbonyl (C=O) groups is 2. The molecule has 0 radical (unpaired) electrons. The van der Waals surface area contributed by atoms with Crippen molar-refractivity contribution >= 4 is 57.5 Å². The topological polar surface area (TPSA) is 102 Å². The molecule has 1 aromatic heterocycles. The highest BCUT2D eigenvalue weighted by Crippen LogP contribution is 2.28. The number of benzene rings is 2. The molecule has 11 heteroatoms. The Balaban J connectivity index is 1.69. The molecule has 0 aliphatic carbocycles. The predicted octanol–water partition coefficient (Wildman–Crippen LogP) is 4.21. The SMILES string of the molecule is CCC(=O)Oc1c(F)cccc1NC(=O)[C@@H](N)CCc1nc2cc(N(CCCl)CCCl)ccc2n1C. The van der Waals surface area contributed by atoms with Gasteiger partial charge in [-0.1, -0.05) is 13.0 Å². The number of aryl methyl sites for hydroxylation is 2. The van der Waals surface area contributed by atoms with Gasteiger partial charge in [0.25, 0.3) is 0 Å². The average molecular weight is 538 g/mol. The number of esters is 1. The molecule has 0 saturated carbocycles. The van der Waals surface area contributed by atoms with E-state index in [2.05, 4.69) is 10.2 Å². The number of alkyl halides is 2. The van der Waals surface area contributed by atoms with E-state index in [0.717, 1.165) is 28.6 Å². The first-order valence-corrected chi connectivity index (χ1v) is 12.7. The van der Waals surface area contributed by atoms with E-state index >= 15 is 0 Å². The van der Waals surface area contributed by atoms with Gasteiger partial charge in [0.2, 0.25) is 5.91 Å². The van der Waals surface area contributed by atoms with Crippen molar-refractivity contribution < 1.29 is 18.7 Å². The lowest BCUT2D eigenvalue weighted by Crippen LogP contribution is -2.36. The summed E-state index contributed by atoms with van der Waals surface area (Å²) in [6, 6.07) is 9.12. The molecule has 36 heavy (non-hydrogen) atoms. The van der Waals surface area contributed by atoms with Crippen molar-refractivity contribution in [2.45, 2.75) is 32.2 Å². The molecule has 3 rings (SSSR count). The summed E-state index contributed by atoms with van der Waals surface area (Å²) in [6.45, 7) is 2.94. The van der Waals surface area contributed by atoms with Gasteiger partial charge in [-0.05, 0) is 36.8 Å². The summed E-state index contributed by atoms with van der Waals surface area (Å²) >= 11 is 11.9. The van der Waals surface area contributed by atoms with Gasteiger partial charge < -0.3 is 25.3 Å². The van der Waals surface area contributed by atoms with Crippen LogP contribution in [0, 0.1) is 5.82 Å². The normalized spacial score (nSPS) is 11.9. The van der Waals surface area contributed by atoms with Crippen molar-refractivity contribution in [1.29, 1.82) is 0 Å². The number of carbonyl (C=O) groups excluding carboxylic acids is 2. The van der Waals surface area contributed by atoms with Gasteiger partial charge in [0, 0.05) is 50.4 Å². The Kier molecular flexibility index (Phi) is 9.92. The standard InChI is InChI=1S/C25H30Cl2FN5O3/c1-3-23(34)36-24-17(28)5-4-6-19(24)31-25(35)18(29)8-10-22-30-20-15-16(7-9-21(20)32(22)2)33(13-11-26)14-12-27/h4-7,9,15,18H,3,8,10-14,29H2,1-2H3,(H,31,35)/t18-/m0/s1. The third-order valence-electron chi connectivity index (χ3n) is 5.78. The molecule has 3 aromatic rings. The third kappa shape index (κ3) is 6.66. The van der Waals surface area contributed by atoms with Crippen LogP contribution < -0.4 is 20.7 Å². The molecular formula is C25H30Cl2FN5O3. The third-order valence-corrected chi connectivity index (χ3v) is 6.11. The first-order chi connectivity index (χ1) is 17.3. The Hall–Kier alpha value is -2.88. The van der Waals surface area contributed by atoms with E-state index in [9.17, 15) is 14.0 Å². The van der Waals surface area contributed by atoms with Crippen LogP contribution in [0.4, 0.5) is 15.8 Å². The lowest BCUT2D eigenvalue weighted by Gasteiger charge is -2.22. The molecule has 194 valence electrons. The Labute approximate surface area is 219 Å². The van der Waals surface area contributed by atoms with E-state index in [1.165, 1.54) is 12.1 Å². The number of nitrogens with one attached hydrogen (secondary N) is 1. The summed E-state index contributed by atoms with van der Waals surface area (Å²) in [4.78, 5) is 31.2. The van der Waals surface area contributed by atoms with Crippen LogP contribution in [0.25, 0.3) is 11.0 Å². The van der Waals surface area contributed by atoms with Crippen LogP contribution in [0.3, 0.4) is 0 Å². The molecule has 0 saturated heterocycles. The average Bonchev–Trinajstić information content (AvgIpc) is 3.18. The quantitative estimate of drug-likeness (QED) is 0.204. The zero-order valence-electron chi connectivity index (χ0n) is 20.3. The molecule has 8 nitrogen and oxygen atoms in total. The monoisotopic (exact) mass is 537 g/mol. The highest BCUT2D eigenvalue weighted by Gasteiger charge is 2.20. The fourth-order valence-corrected chi connectivity index (χ4v) is 4.18. The smallest absolute Gasteiger partial charge is 0.311 e. The maximum absolute atomic E-state index is 14.2. The molecule has 0 spiro atoms. The van der Waals surface area contributed by atoms with Gasteiger partial charge in [0.15, 0.2) is 11.6 Å². The highest BCUT2D eigenvalue weighted by molar-refractivity contribution is 6.18. The van der Waals surface area contributed by atoms with Gasteiger partial charge in [0.1, 0.15) is 5.82 Å². The number of ether oxygens (including phenoxy) is 1. The molecule has 2 aromatic carbocycles. The van der Waals surface area contributed by atoms with Gasteiger partial charge >= 0.3 is 5.97 Å². The molecular weight excluding hydrogens is 508 g/mol. The van der Waals surface area contributed by atoms with Crippen LogP contribution in [-0.4, -0.2) is 52.3 Å².